The van der Waals surface area contributed by atoms with Gasteiger partial charge in [0.1, 0.15) is 0 Å². The third-order valence-corrected chi connectivity index (χ3v) is 15.5. The first-order valence-corrected chi connectivity index (χ1v) is 23.4. The fourth-order valence-electron chi connectivity index (χ4n) is 11.8. The van der Waals surface area contributed by atoms with E-state index in [-0.39, 0.29) is 0 Å². The third-order valence-electron chi connectivity index (χ3n) is 14.4. The van der Waals surface area contributed by atoms with Crippen LogP contribution in [0.1, 0.15) is 27.8 Å². The first kappa shape index (κ1) is 36.6. The van der Waals surface area contributed by atoms with Crippen LogP contribution in [-0.2, 0) is 5.41 Å². The van der Waals surface area contributed by atoms with E-state index in [1.807, 2.05) is 36.3 Å². The molecule has 13 aromatic rings. The van der Waals surface area contributed by atoms with Gasteiger partial charge in [-0.3, -0.25) is 9.97 Å². The van der Waals surface area contributed by atoms with E-state index in [0.29, 0.717) is 5.56 Å². The standard InChI is InChI=1S/C60H34N6S/c61-35-36-24-28-52-43(32-36)41-14-3-5-18-48(41)64(52)37-26-29-53-44(33-37)42-15-4-6-19-49(42)65(53)38-25-27-45-56(34-38)67-55-23-9-22-54(66-50-20-7-1-12-39(50)40-13-2-8-21-51(40)66)57(55)60(45)46-16-10-30-62-58(46)59-47(60)17-11-31-63-59/h1-34H. The molecular formula is C60H34N6S. The summed E-state index contributed by atoms with van der Waals surface area (Å²) >= 11 is 1.85. The van der Waals surface area contributed by atoms with Crippen LogP contribution in [0.3, 0.4) is 0 Å². The van der Waals surface area contributed by atoms with Crippen LogP contribution in [0.5, 0.6) is 0 Å². The molecule has 0 atom stereocenters. The van der Waals surface area contributed by atoms with Gasteiger partial charge in [-0.15, -0.1) is 0 Å². The van der Waals surface area contributed by atoms with Gasteiger partial charge in [-0.1, -0.05) is 109 Å². The van der Waals surface area contributed by atoms with Crippen molar-refractivity contribution in [1.29, 1.82) is 5.26 Å². The Kier molecular flexibility index (Phi) is 7.34. The maximum atomic E-state index is 9.79. The maximum absolute atomic E-state index is 9.79. The van der Waals surface area contributed by atoms with Crippen LogP contribution < -0.4 is 0 Å². The zero-order valence-corrected chi connectivity index (χ0v) is 36.5. The molecule has 1 aliphatic carbocycles. The largest absolute Gasteiger partial charge is 0.309 e. The first-order chi connectivity index (χ1) is 33.2. The van der Waals surface area contributed by atoms with E-state index in [1.165, 1.54) is 53.5 Å². The molecule has 0 saturated carbocycles. The van der Waals surface area contributed by atoms with E-state index in [1.54, 1.807) is 0 Å². The fourth-order valence-corrected chi connectivity index (χ4v) is 13.1. The second kappa shape index (κ2) is 13.4. The van der Waals surface area contributed by atoms with Crippen LogP contribution in [0.25, 0.3) is 93.9 Å². The van der Waals surface area contributed by atoms with Crippen LogP contribution in [0.15, 0.2) is 216 Å². The van der Waals surface area contributed by atoms with E-state index in [9.17, 15) is 5.26 Å². The third kappa shape index (κ3) is 4.74. The molecule has 6 nitrogen and oxygen atoms in total. The van der Waals surface area contributed by atoms with Gasteiger partial charge in [0.15, 0.2) is 0 Å². The number of pyridine rings is 2. The van der Waals surface area contributed by atoms with Gasteiger partial charge in [0.25, 0.3) is 0 Å². The molecule has 1 spiro atoms. The summed E-state index contributed by atoms with van der Waals surface area (Å²) < 4.78 is 7.24. The molecule has 15 rings (SSSR count). The van der Waals surface area contributed by atoms with Crippen LogP contribution in [0.2, 0.25) is 0 Å². The van der Waals surface area contributed by atoms with Crippen LogP contribution in [0.4, 0.5) is 0 Å². The van der Waals surface area contributed by atoms with Gasteiger partial charge in [-0.05, 0) is 114 Å². The molecule has 0 unspecified atom stereocenters. The molecule has 0 N–H and O–H groups in total. The highest BCUT2D eigenvalue weighted by molar-refractivity contribution is 7.99. The number of nitrogens with zero attached hydrogens (tertiary/aromatic N) is 6. The Balaban J connectivity index is 0.981. The van der Waals surface area contributed by atoms with Crippen molar-refractivity contribution in [1.82, 2.24) is 23.7 Å². The predicted octanol–water partition coefficient (Wildman–Crippen LogP) is 14.5. The molecule has 8 aromatic carbocycles. The Morgan fingerprint density at radius 1 is 0.403 bits per heavy atom. The van der Waals surface area contributed by atoms with Gasteiger partial charge < -0.3 is 13.7 Å². The smallest absolute Gasteiger partial charge is 0.0991 e. The van der Waals surface area contributed by atoms with Crippen molar-refractivity contribution >= 4 is 77.2 Å². The zero-order valence-electron chi connectivity index (χ0n) is 35.7. The molecule has 310 valence electrons. The lowest BCUT2D eigenvalue weighted by molar-refractivity contribution is 0.712. The summed E-state index contributed by atoms with van der Waals surface area (Å²) in [4.78, 5) is 12.6. The number of para-hydroxylation sites is 4. The van der Waals surface area contributed by atoms with Crippen molar-refractivity contribution in [2.75, 3.05) is 0 Å². The highest BCUT2D eigenvalue weighted by atomic mass is 32.2. The average Bonchev–Trinajstić information content (AvgIpc) is 4.10. The molecule has 5 aromatic heterocycles. The molecule has 1 aliphatic heterocycles. The molecule has 0 saturated heterocycles. The fraction of sp³-hybridized carbons (Fsp3) is 0.0167. The topological polar surface area (TPSA) is 64.4 Å². The Labute approximate surface area is 388 Å². The van der Waals surface area contributed by atoms with Crippen LogP contribution in [-0.4, -0.2) is 23.7 Å². The molecular weight excluding hydrogens is 837 g/mol. The van der Waals surface area contributed by atoms with Crippen molar-refractivity contribution in [3.05, 3.63) is 234 Å². The maximum Gasteiger partial charge on any atom is 0.0991 e. The van der Waals surface area contributed by atoms with Crippen molar-refractivity contribution in [2.24, 2.45) is 0 Å². The van der Waals surface area contributed by atoms with Crippen LogP contribution in [0, 0.1) is 11.3 Å². The van der Waals surface area contributed by atoms with E-state index < -0.39 is 5.41 Å². The number of aromatic nitrogens is 5. The lowest BCUT2D eigenvalue weighted by Gasteiger charge is -2.41. The summed E-state index contributed by atoms with van der Waals surface area (Å²) in [5.74, 6) is 0. The van der Waals surface area contributed by atoms with E-state index in [4.69, 9.17) is 9.97 Å². The summed E-state index contributed by atoms with van der Waals surface area (Å²) in [5.41, 5.74) is 16.7. The van der Waals surface area contributed by atoms with Crippen molar-refractivity contribution in [2.45, 2.75) is 15.2 Å². The summed E-state index contributed by atoms with van der Waals surface area (Å²) in [6, 6.07) is 72.6. The van der Waals surface area contributed by atoms with Crippen molar-refractivity contribution in [3.8, 4) is 34.5 Å². The van der Waals surface area contributed by atoms with E-state index in [2.05, 4.69) is 202 Å². The molecule has 7 heteroatoms. The van der Waals surface area contributed by atoms with E-state index >= 15 is 0 Å². The van der Waals surface area contributed by atoms with E-state index in [0.717, 1.165) is 72.4 Å². The Morgan fingerprint density at radius 2 is 0.910 bits per heavy atom. The van der Waals surface area contributed by atoms with Gasteiger partial charge in [0.05, 0.1) is 67.2 Å². The molecule has 0 fully saturated rings. The number of fused-ring (bicyclic) bond motifs is 18. The number of rotatable bonds is 3. The summed E-state index contributed by atoms with van der Waals surface area (Å²) in [6.07, 6.45) is 3.80. The van der Waals surface area contributed by atoms with Gasteiger partial charge in [-0.25, -0.2) is 0 Å². The average molecular weight is 871 g/mol. The molecule has 6 heterocycles. The summed E-state index contributed by atoms with van der Waals surface area (Å²) in [5, 5.41) is 16.8. The van der Waals surface area contributed by atoms with Crippen LogP contribution >= 0.6 is 11.8 Å². The quantitative estimate of drug-likeness (QED) is 0.177. The number of hydrogen-bond donors (Lipinski definition) is 0. The monoisotopic (exact) mass is 870 g/mol. The minimum Gasteiger partial charge on any atom is -0.309 e. The Hall–Kier alpha value is -8.70. The highest BCUT2D eigenvalue weighted by Crippen LogP contribution is 2.63. The first-order valence-electron chi connectivity index (χ1n) is 22.5. The summed E-state index contributed by atoms with van der Waals surface area (Å²) in [7, 11) is 0. The number of benzene rings is 8. The molecule has 67 heavy (non-hydrogen) atoms. The number of nitriles is 1. The normalized spacial score (nSPS) is 13.4. The Morgan fingerprint density at radius 3 is 1.52 bits per heavy atom. The second-order valence-corrected chi connectivity index (χ2v) is 18.7. The van der Waals surface area contributed by atoms with Gasteiger partial charge >= 0.3 is 0 Å². The molecule has 0 radical (unpaired) electrons. The predicted molar refractivity (Wildman–Crippen MR) is 271 cm³/mol. The molecule has 0 bridgehead atoms. The molecule has 2 aliphatic rings. The van der Waals surface area contributed by atoms with Gasteiger partial charge in [-0.2, -0.15) is 5.26 Å². The minimum atomic E-state index is -0.712. The number of hydrogen-bond acceptors (Lipinski definition) is 4. The SMILES string of the molecule is N#Cc1ccc2c(c1)c1ccccc1n2-c1ccc2c(c1)c1ccccc1n2-c1ccc2c(c1)Sc1cccc(-n3c4ccccc4c4ccccc43)c1C21c2cccnc2-c2ncccc21. The lowest BCUT2D eigenvalue weighted by atomic mass is 9.67. The van der Waals surface area contributed by atoms with Crippen molar-refractivity contribution in [3.63, 3.8) is 0 Å². The Bertz CT molecular complexity index is 4250. The van der Waals surface area contributed by atoms with Crippen molar-refractivity contribution < 1.29 is 0 Å². The highest BCUT2D eigenvalue weighted by Gasteiger charge is 2.53. The second-order valence-electron chi connectivity index (χ2n) is 17.6. The van der Waals surface area contributed by atoms with Gasteiger partial charge in [0, 0.05) is 71.4 Å². The minimum absolute atomic E-state index is 0.657. The molecule has 0 amide bonds. The zero-order chi connectivity index (χ0) is 44.0. The lowest BCUT2D eigenvalue weighted by Crippen LogP contribution is -2.33. The summed E-state index contributed by atoms with van der Waals surface area (Å²) in [6.45, 7) is 0. The van der Waals surface area contributed by atoms with Gasteiger partial charge in [0.2, 0.25) is 0 Å².